The zero-order valence-electron chi connectivity index (χ0n) is 19.5. The molecule has 0 radical (unpaired) electrons. The van der Waals surface area contributed by atoms with Gasteiger partial charge in [0.25, 0.3) is 10.0 Å². The summed E-state index contributed by atoms with van der Waals surface area (Å²) < 4.78 is 91.1. The number of sulfonamides is 1. The molecule has 0 saturated heterocycles. The molecule has 0 aromatic heterocycles. The zero-order valence-corrected chi connectivity index (χ0v) is 20.3. The van der Waals surface area contributed by atoms with Crippen molar-refractivity contribution in [1.29, 1.82) is 0 Å². The monoisotopic (exact) mass is 545 g/mol. The Hall–Kier alpha value is -3.55. The minimum absolute atomic E-state index is 0.00249. The molecule has 1 atom stereocenters. The molecular formula is C23H23F4N3O6S. The third-order valence-corrected chi connectivity index (χ3v) is 7.85. The van der Waals surface area contributed by atoms with Gasteiger partial charge in [-0.2, -0.15) is 13.2 Å². The lowest BCUT2D eigenvalue weighted by Crippen LogP contribution is -2.48. The van der Waals surface area contributed by atoms with Crippen molar-refractivity contribution in [2.75, 3.05) is 29.3 Å². The van der Waals surface area contributed by atoms with Crippen LogP contribution in [-0.2, 0) is 19.6 Å². The lowest BCUT2D eigenvalue weighted by molar-refractivity contribution is -0.196. The number of nitrogens with one attached hydrogen (secondary N) is 2. The second-order valence-corrected chi connectivity index (χ2v) is 10.7. The van der Waals surface area contributed by atoms with Crippen LogP contribution in [0.2, 0.25) is 0 Å². The van der Waals surface area contributed by atoms with Crippen molar-refractivity contribution in [1.82, 2.24) is 5.32 Å². The van der Waals surface area contributed by atoms with E-state index < -0.39 is 46.2 Å². The molecule has 1 aliphatic heterocycles. The minimum Gasteiger partial charge on any atom is -0.484 e. The van der Waals surface area contributed by atoms with Gasteiger partial charge in [0.15, 0.2) is 0 Å². The maximum Gasteiger partial charge on any atom is 0.411 e. The van der Waals surface area contributed by atoms with E-state index in [0.29, 0.717) is 0 Å². The Morgan fingerprint density at radius 2 is 1.84 bits per heavy atom. The lowest BCUT2D eigenvalue weighted by atomic mass is 10.1. The molecule has 4 rings (SSSR count). The molecule has 1 aliphatic carbocycles. The fourth-order valence-electron chi connectivity index (χ4n) is 3.73. The number of ether oxygens (including phenoxy) is 2. The van der Waals surface area contributed by atoms with Crippen LogP contribution in [0, 0.1) is 11.2 Å². The molecular weight excluding hydrogens is 522 g/mol. The van der Waals surface area contributed by atoms with Crippen LogP contribution in [0.25, 0.3) is 0 Å². The predicted molar refractivity (Wildman–Crippen MR) is 123 cm³/mol. The molecule has 1 fully saturated rings. The molecule has 1 saturated carbocycles. The number of benzene rings is 2. The number of amides is 2. The van der Waals surface area contributed by atoms with Crippen molar-refractivity contribution in [2.24, 2.45) is 5.41 Å². The highest BCUT2D eigenvalue weighted by Crippen LogP contribution is 2.57. The van der Waals surface area contributed by atoms with E-state index in [1.54, 1.807) is 0 Å². The minimum atomic E-state index is -4.49. The second-order valence-electron chi connectivity index (χ2n) is 8.83. The molecule has 0 spiro atoms. The fraction of sp³-hybridized carbons (Fsp3) is 0.391. The van der Waals surface area contributed by atoms with Gasteiger partial charge >= 0.3 is 12.3 Å². The standard InChI is InChI=1S/C23H23F4N3O6S/c1-14(31)28-11-17-12-30(37(33,34)18-5-2-15(24)3-6-18)19-10-16(4-7-20(19)36-17)29-21(32)35-13-22(8-9-22)23(25,26)27/h2-7,10,17H,8-9,11-13H2,1H3,(H,28,31)(H,29,32). The van der Waals surface area contributed by atoms with Crippen LogP contribution >= 0.6 is 0 Å². The summed E-state index contributed by atoms with van der Waals surface area (Å²) in [5.41, 5.74) is -1.96. The Morgan fingerprint density at radius 1 is 1.16 bits per heavy atom. The fourth-order valence-corrected chi connectivity index (χ4v) is 5.23. The molecule has 14 heteroatoms. The van der Waals surface area contributed by atoms with Crippen LogP contribution in [0.5, 0.6) is 5.75 Å². The van der Waals surface area contributed by atoms with Gasteiger partial charge in [0.1, 0.15) is 29.7 Å². The molecule has 9 nitrogen and oxygen atoms in total. The highest BCUT2D eigenvalue weighted by atomic mass is 32.2. The van der Waals surface area contributed by atoms with E-state index in [1.165, 1.54) is 25.1 Å². The lowest BCUT2D eigenvalue weighted by Gasteiger charge is -2.35. The Bertz CT molecular complexity index is 1300. The summed E-state index contributed by atoms with van der Waals surface area (Å²) in [5.74, 6) is -0.868. The average molecular weight is 546 g/mol. The van der Waals surface area contributed by atoms with Crippen molar-refractivity contribution in [3.8, 4) is 5.75 Å². The molecule has 2 aromatic rings. The van der Waals surface area contributed by atoms with Gasteiger partial charge in [-0.1, -0.05) is 0 Å². The summed E-state index contributed by atoms with van der Waals surface area (Å²) in [5, 5.41) is 4.86. The summed E-state index contributed by atoms with van der Waals surface area (Å²) >= 11 is 0. The SMILES string of the molecule is CC(=O)NCC1CN(S(=O)(=O)c2ccc(F)cc2)c2cc(NC(=O)OCC3(C(F)(F)F)CC3)ccc2O1. The van der Waals surface area contributed by atoms with Crippen LogP contribution < -0.4 is 19.7 Å². The number of halogens is 4. The molecule has 2 aliphatic rings. The maximum absolute atomic E-state index is 13.4. The van der Waals surface area contributed by atoms with E-state index in [1.807, 2.05) is 0 Å². The zero-order chi connectivity index (χ0) is 27.0. The Morgan fingerprint density at radius 3 is 2.43 bits per heavy atom. The first kappa shape index (κ1) is 26.5. The summed E-state index contributed by atoms with van der Waals surface area (Å²) in [6.45, 7) is 0.235. The number of carbonyl (C=O) groups excluding carboxylic acids is 2. The molecule has 1 heterocycles. The normalized spacial score (nSPS) is 18.3. The number of alkyl halides is 3. The second kappa shape index (κ2) is 9.72. The van der Waals surface area contributed by atoms with Gasteiger partial charge in [-0.05, 0) is 55.3 Å². The van der Waals surface area contributed by atoms with Gasteiger partial charge in [-0.25, -0.2) is 17.6 Å². The van der Waals surface area contributed by atoms with Crippen molar-refractivity contribution in [3.05, 3.63) is 48.3 Å². The number of hydrogen-bond acceptors (Lipinski definition) is 6. The van der Waals surface area contributed by atoms with Crippen molar-refractivity contribution >= 4 is 33.4 Å². The molecule has 2 aromatic carbocycles. The Kier molecular flexibility index (Phi) is 6.97. The van der Waals surface area contributed by atoms with Gasteiger partial charge in [0, 0.05) is 12.6 Å². The number of carbonyl (C=O) groups is 2. The highest BCUT2D eigenvalue weighted by molar-refractivity contribution is 7.92. The molecule has 2 amide bonds. The van der Waals surface area contributed by atoms with Crippen molar-refractivity contribution in [2.45, 2.75) is 36.9 Å². The van der Waals surface area contributed by atoms with Crippen LogP contribution in [0.15, 0.2) is 47.4 Å². The Balaban J connectivity index is 1.58. The van der Waals surface area contributed by atoms with Gasteiger partial charge in [-0.3, -0.25) is 14.4 Å². The largest absolute Gasteiger partial charge is 0.484 e. The van der Waals surface area contributed by atoms with Crippen LogP contribution in [0.1, 0.15) is 19.8 Å². The molecule has 37 heavy (non-hydrogen) atoms. The first-order valence-corrected chi connectivity index (χ1v) is 12.6. The summed E-state index contributed by atoms with van der Waals surface area (Å²) in [6.07, 6.45) is -6.65. The number of anilines is 2. The maximum atomic E-state index is 13.4. The quantitative estimate of drug-likeness (QED) is 0.512. The third-order valence-electron chi connectivity index (χ3n) is 6.05. The third kappa shape index (κ3) is 5.73. The average Bonchev–Trinajstić information content (AvgIpc) is 3.63. The predicted octanol–water partition coefficient (Wildman–Crippen LogP) is 3.81. The first-order chi connectivity index (χ1) is 17.3. The van der Waals surface area contributed by atoms with E-state index >= 15 is 0 Å². The van der Waals surface area contributed by atoms with Crippen molar-refractivity contribution < 1.29 is 45.0 Å². The molecule has 0 bridgehead atoms. The summed E-state index contributed by atoms with van der Waals surface area (Å²) in [4.78, 5) is 23.3. The Labute approximate surface area is 209 Å². The van der Waals surface area contributed by atoms with E-state index in [-0.39, 0.29) is 53.9 Å². The molecule has 1 unspecified atom stereocenters. The topological polar surface area (TPSA) is 114 Å². The van der Waals surface area contributed by atoms with Crippen LogP contribution in [0.3, 0.4) is 0 Å². The highest BCUT2D eigenvalue weighted by Gasteiger charge is 2.64. The number of nitrogens with zero attached hydrogens (tertiary/aromatic N) is 1. The molecule has 200 valence electrons. The van der Waals surface area contributed by atoms with E-state index in [2.05, 4.69) is 10.6 Å². The smallest absolute Gasteiger partial charge is 0.411 e. The van der Waals surface area contributed by atoms with E-state index in [0.717, 1.165) is 28.6 Å². The van der Waals surface area contributed by atoms with Gasteiger partial charge in [0.2, 0.25) is 5.91 Å². The summed E-state index contributed by atoms with van der Waals surface area (Å²) in [6, 6.07) is 8.17. The van der Waals surface area contributed by atoms with Crippen LogP contribution in [0.4, 0.5) is 33.7 Å². The van der Waals surface area contributed by atoms with Gasteiger partial charge in [-0.15, -0.1) is 0 Å². The van der Waals surface area contributed by atoms with Gasteiger partial charge in [0.05, 0.1) is 23.7 Å². The molecule has 2 N–H and O–H groups in total. The van der Waals surface area contributed by atoms with Crippen molar-refractivity contribution in [3.63, 3.8) is 0 Å². The number of hydrogen-bond donors (Lipinski definition) is 2. The van der Waals surface area contributed by atoms with E-state index in [9.17, 15) is 35.6 Å². The number of rotatable bonds is 7. The van der Waals surface area contributed by atoms with Crippen LogP contribution in [-0.4, -0.2) is 52.4 Å². The van der Waals surface area contributed by atoms with Gasteiger partial charge < -0.3 is 14.8 Å². The first-order valence-electron chi connectivity index (χ1n) is 11.1. The number of fused-ring (bicyclic) bond motifs is 1. The van der Waals surface area contributed by atoms with E-state index in [4.69, 9.17) is 9.47 Å². The summed E-state index contributed by atoms with van der Waals surface area (Å²) in [7, 11) is -4.24.